The van der Waals surface area contributed by atoms with E-state index in [1.54, 1.807) is 12.2 Å². The Bertz CT molecular complexity index is 136. The van der Waals surface area contributed by atoms with Crippen molar-refractivity contribution in [1.29, 1.82) is 0 Å². The number of ether oxygens (including phenoxy) is 1. The van der Waals surface area contributed by atoms with Crippen LogP contribution in [0.25, 0.3) is 0 Å². The van der Waals surface area contributed by atoms with Crippen molar-refractivity contribution < 1.29 is 9.84 Å². The maximum absolute atomic E-state index is 8.36. The highest BCUT2D eigenvalue weighted by molar-refractivity contribution is 5.14. The summed E-state index contributed by atoms with van der Waals surface area (Å²) in [5.74, 6) is 0.879. The molecule has 1 rings (SSSR count). The van der Waals surface area contributed by atoms with Crippen molar-refractivity contribution in [3.63, 3.8) is 0 Å². The Kier molecular flexibility index (Phi) is 2.33. The SMILES string of the molecule is OC/C=C/C1=CCCO1. The number of aliphatic hydroxyl groups is 1. The minimum Gasteiger partial charge on any atom is -0.494 e. The average molecular weight is 126 g/mol. The van der Waals surface area contributed by atoms with Crippen LogP contribution < -0.4 is 0 Å². The number of rotatable bonds is 2. The van der Waals surface area contributed by atoms with Crippen molar-refractivity contribution in [2.45, 2.75) is 6.42 Å². The van der Waals surface area contributed by atoms with Gasteiger partial charge < -0.3 is 9.84 Å². The average Bonchev–Trinajstić information content (AvgIpc) is 2.34. The lowest BCUT2D eigenvalue weighted by atomic mass is 10.4. The van der Waals surface area contributed by atoms with E-state index in [2.05, 4.69) is 0 Å². The molecule has 0 aromatic rings. The molecule has 0 saturated carbocycles. The third kappa shape index (κ3) is 1.90. The van der Waals surface area contributed by atoms with E-state index in [1.807, 2.05) is 6.08 Å². The summed E-state index contributed by atoms with van der Waals surface area (Å²) in [5, 5.41) is 8.36. The second kappa shape index (κ2) is 3.30. The van der Waals surface area contributed by atoms with Crippen LogP contribution in [0.15, 0.2) is 24.0 Å². The molecule has 0 amide bonds. The van der Waals surface area contributed by atoms with Crippen LogP contribution in [-0.2, 0) is 4.74 Å². The largest absolute Gasteiger partial charge is 0.494 e. The van der Waals surface area contributed by atoms with E-state index in [4.69, 9.17) is 9.84 Å². The molecular formula is C7H10O2. The van der Waals surface area contributed by atoms with Gasteiger partial charge in [0.05, 0.1) is 13.2 Å². The van der Waals surface area contributed by atoms with Crippen LogP contribution in [0, 0.1) is 0 Å². The fourth-order valence-corrected chi connectivity index (χ4v) is 0.722. The van der Waals surface area contributed by atoms with Crippen LogP contribution in [0.1, 0.15) is 6.42 Å². The minimum absolute atomic E-state index is 0.0840. The van der Waals surface area contributed by atoms with Crippen molar-refractivity contribution in [2.75, 3.05) is 13.2 Å². The predicted molar refractivity (Wildman–Crippen MR) is 34.9 cm³/mol. The van der Waals surface area contributed by atoms with Gasteiger partial charge in [0.15, 0.2) is 0 Å². The molecule has 9 heavy (non-hydrogen) atoms. The first-order chi connectivity index (χ1) is 4.43. The molecule has 0 saturated heterocycles. The van der Waals surface area contributed by atoms with Crippen LogP contribution in [0.4, 0.5) is 0 Å². The third-order valence-electron chi connectivity index (χ3n) is 1.12. The summed E-state index contributed by atoms with van der Waals surface area (Å²) in [6.45, 7) is 0.867. The molecule has 2 heteroatoms. The van der Waals surface area contributed by atoms with Gasteiger partial charge in [0.25, 0.3) is 0 Å². The van der Waals surface area contributed by atoms with Crippen LogP contribution in [0.5, 0.6) is 0 Å². The van der Waals surface area contributed by atoms with Crippen molar-refractivity contribution in [2.24, 2.45) is 0 Å². The van der Waals surface area contributed by atoms with Crippen LogP contribution in [0.3, 0.4) is 0 Å². The van der Waals surface area contributed by atoms with E-state index in [0.717, 1.165) is 18.8 Å². The highest BCUT2D eigenvalue weighted by Gasteiger charge is 1.98. The molecule has 0 aromatic heterocycles. The number of hydrogen-bond acceptors (Lipinski definition) is 2. The van der Waals surface area contributed by atoms with Gasteiger partial charge in [0.1, 0.15) is 5.76 Å². The highest BCUT2D eigenvalue weighted by atomic mass is 16.5. The van der Waals surface area contributed by atoms with Gasteiger partial charge in [-0.25, -0.2) is 0 Å². The van der Waals surface area contributed by atoms with Gasteiger partial charge >= 0.3 is 0 Å². The van der Waals surface area contributed by atoms with Gasteiger partial charge in [-0.1, -0.05) is 6.08 Å². The normalized spacial score (nSPS) is 18.1. The molecule has 0 unspecified atom stereocenters. The first-order valence-corrected chi connectivity index (χ1v) is 3.04. The fraction of sp³-hybridized carbons (Fsp3) is 0.429. The van der Waals surface area contributed by atoms with E-state index in [9.17, 15) is 0 Å². The van der Waals surface area contributed by atoms with Crippen LogP contribution in [0.2, 0.25) is 0 Å². The smallest absolute Gasteiger partial charge is 0.115 e. The van der Waals surface area contributed by atoms with Gasteiger partial charge in [-0.3, -0.25) is 0 Å². The minimum atomic E-state index is 0.0840. The van der Waals surface area contributed by atoms with Gasteiger partial charge in [-0.2, -0.15) is 0 Å². The number of aliphatic hydroxyl groups excluding tert-OH is 1. The maximum atomic E-state index is 8.36. The molecule has 50 valence electrons. The molecule has 1 aliphatic rings. The van der Waals surface area contributed by atoms with Crippen molar-refractivity contribution >= 4 is 0 Å². The quantitative estimate of drug-likeness (QED) is 0.594. The Morgan fingerprint density at radius 2 is 2.67 bits per heavy atom. The van der Waals surface area contributed by atoms with E-state index < -0.39 is 0 Å². The maximum Gasteiger partial charge on any atom is 0.115 e. The Hall–Kier alpha value is -0.760. The zero-order valence-corrected chi connectivity index (χ0v) is 5.21. The van der Waals surface area contributed by atoms with Crippen LogP contribution in [-0.4, -0.2) is 18.3 Å². The summed E-state index contributed by atoms with van der Waals surface area (Å²) in [6, 6.07) is 0. The topological polar surface area (TPSA) is 29.5 Å². The van der Waals surface area contributed by atoms with Gasteiger partial charge in [-0.05, 0) is 12.2 Å². The molecule has 1 N–H and O–H groups in total. The van der Waals surface area contributed by atoms with Crippen molar-refractivity contribution in [1.82, 2.24) is 0 Å². The predicted octanol–water partition coefficient (Wildman–Crippen LogP) is 0.839. The summed E-state index contributed by atoms with van der Waals surface area (Å²) in [4.78, 5) is 0. The molecule has 0 spiro atoms. The van der Waals surface area contributed by atoms with E-state index >= 15 is 0 Å². The van der Waals surface area contributed by atoms with E-state index in [1.165, 1.54) is 0 Å². The Balaban J connectivity index is 2.34. The van der Waals surface area contributed by atoms with Crippen molar-refractivity contribution in [3.8, 4) is 0 Å². The molecule has 2 nitrogen and oxygen atoms in total. The van der Waals surface area contributed by atoms with Crippen LogP contribution >= 0.6 is 0 Å². The molecule has 0 bridgehead atoms. The summed E-state index contributed by atoms with van der Waals surface area (Å²) < 4.78 is 5.12. The lowest BCUT2D eigenvalue weighted by Gasteiger charge is -1.93. The monoisotopic (exact) mass is 126 g/mol. The zero-order valence-electron chi connectivity index (χ0n) is 5.21. The molecule has 0 fully saturated rings. The molecule has 1 heterocycles. The Morgan fingerprint density at radius 1 is 1.78 bits per heavy atom. The molecule has 0 aromatic carbocycles. The second-order valence-electron chi connectivity index (χ2n) is 1.83. The standard InChI is InChI=1S/C7H10O2/c8-5-1-3-7-4-2-6-9-7/h1,3-4,8H,2,5-6H2/b3-1+. The zero-order chi connectivity index (χ0) is 6.53. The fourth-order valence-electron chi connectivity index (χ4n) is 0.722. The number of hydrogen-bond donors (Lipinski definition) is 1. The first-order valence-electron chi connectivity index (χ1n) is 3.04. The summed E-state index contributed by atoms with van der Waals surface area (Å²) in [6.07, 6.45) is 6.45. The Labute approximate surface area is 54.5 Å². The molecule has 1 aliphatic heterocycles. The summed E-state index contributed by atoms with van der Waals surface area (Å²) in [5.41, 5.74) is 0. The van der Waals surface area contributed by atoms with Gasteiger partial charge in [0, 0.05) is 6.42 Å². The third-order valence-corrected chi connectivity index (χ3v) is 1.12. The molecule has 0 atom stereocenters. The van der Waals surface area contributed by atoms with Gasteiger partial charge in [-0.15, -0.1) is 0 Å². The Morgan fingerprint density at radius 3 is 3.22 bits per heavy atom. The van der Waals surface area contributed by atoms with Gasteiger partial charge in [0.2, 0.25) is 0 Å². The van der Waals surface area contributed by atoms with Crippen molar-refractivity contribution in [3.05, 3.63) is 24.0 Å². The molecule has 0 radical (unpaired) electrons. The molecule has 0 aliphatic carbocycles. The summed E-state index contributed by atoms with van der Waals surface area (Å²) >= 11 is 0. The highest BCUT2D eigenvalue weighted by Crippen LogP contribution is 2.09. The lowest BCUT2D eigenvalue weighted by molar-refractivity contribution is 0.256. The second-order valence-corrected chi connectivity index (χ2v) is 1.83. The molecular weight excluding hydrogens is 116 g/mol. The first kappa shape index (κ1) is 6.36. The van der Waals surface area contributed by atoms with E-state index in [-0.39, 0.29) is 6.61 Å². The summed E-state index contributed by atoms with van der Waals surface area (Å²) in [7, 11) is 0. The lowest BCUT2D eigenvalue weighted by Crippen LogP contribution is -1.80. The number of allylic oxidation sites excluding steroid dienone is 1. The van der Waals surface area contributed by atoms with E-state index in [0.29, 0.717) is 0 Å².